The number of hydrogen-bond donors (Lipinski definition) is 1. The molecule has 6 nitrogen and oxygen atoms in total. The maximum Gasteiger partial charge on any atom is 0.214 e. The minimum Gasteiger partial charge on any atom is -0.391 e. The molecule has 0 unspecified atom stereocenters. The van der Waals surface area contributed by atoms with Gasteiger partial charge in [-0.15, -0.1) is 11.3 Å². The molecule has 0 amide bonds. The Morgan fingerprint density at radius 3 is 2.68 bits per heavy atom. The van der Waals surface area contributed by atoms with Crippen molar-refractivity contribution in [2.75, 3.05) is 32.9 Å². The van der Waals surface area contributed by atoms with Crippen LogP contribution in [0, 0.1) is 5.92 Å². The van der Waals surface area contributed by atoms with E-state index in [1.807, 2.05) is 36.5 Å². The number of aliphatic hydroxyl groups is 1. The van der Waals surface area contributed by atoms with Crippen LogP contribution < -0.4 is 0 Å². The molecule has 1 saturated heterocycles. The van der Waals surface area contributed by atoms with Gasteiger partial charge in [0.2, 0.25) is 10.0 Å². The Kier molecular flexibility index (Phi) is 5.55. The summed E-state index contributed by atoms with van der Waals surface area (Å²) in [6.45, 7) is 1.75. The summed E-state index contributed by atoms with van der Waals surface area (Å²) in [6, 6.07) is 10.0. The van der Waals surface area contributed by atoms with E-state index in [0.29, 0.717) is 19.6 Å². The predicted molar refractivity (Wildman–Crippen MR) is 99.8 cm³/mol. The summed E-state index contributed by atoms with van der Waals surface area (Å²) in [5, 5.41) is 11.2. The zero-order valence-electron chi connectivity index (χ0n) is 14.4. The number of rotatable bonds is 6. The summed E-state index contributed by atoms with van der Waals surface area (Å²) in [6.07, 6.45) is 1.25. The molecule has 1 aromatic heterocycles. The van der Waals surface area contributed by atoms with E-state index >= 15 is 0 Å². The van der Waals surface area contributed by atoms with E-state index in [0.717, 1.165) is 15.4 Å². The number of likely N-dealkylation sites (tertiary alicyclic amines) is 1. The molecule has 2 atom stereocenters. The molecule has 136 valence electrons. The molecule has 1 aromatic carbocycles. The van der Waals surface area contributed by atoms with Gasteiger partial charge in [0.25, 0.3) is 0 Å². The van der Waals surface area contributed by atoms with Crippen LogP contribution in [0.1, 0.15) is 4.88 Å². The Morgan fingerprint density at radius 1 is 1.28 bits per heavy atom. The van der Waals surface area contributed by atoms with Crippen LogP contribution in [0.2, 0.25) is 0 Å². The quantitative estimate of drug-likeness (QED) is 0.821. The molecule has 0 radical (unpaired) electrons. The van der Waals surface area contributed by atoms with Crippen LogP contribution in [0.3, 0.4) is 0 Å². The third-order valence-corrected chi connectivity index (χ3v) is 7.41. The number of hydrogen-bond acceptors (Lipinski definition) is 6. The minimum absolute atomic E-state index is 0.0182. The van der Waals surface area contributed by atoms with Gasteiger partial charge in [-0.1, -0.05) is 30.3 Å². The van der Waals surface area contributed by atoms with Gasteiger partial charge < -0.3 is 5.11 Å². The average Bonchev–Trinajstić information content (AvgIpc) is 3.15. The number of β-amino-alcohol motifs (C(OH)–C–C–N with tert-alkyl or cyclic N) is 1. The van der Waals surface area contributed by atoms with E-state index in [4.69, 9.17) is 0 Å². The van der Waals surface area contributed by atoms with Gasteiger partial charge in [0.05, 0.1) is 11.9 Å². The molecule has 0 saturated carbocycles. The number of benzene rings is 1. The van der Waals surface area contributed by atoms with Crippen LogP contribution in [0.4, 0.5) is 0 Å². The van der Waals surface area contributed by atoms with Crippen molar-refractivity contribution in [3.05, 3.63) is 41.4 Å². The Hall–Kier alpha value is -1.32. The molecule has 0 aliphatic carbocycles. The van der Waals surface area contributed by atoms with Crippen LogP contribution in [0.15, 0.2) is 36.5 Å². The first kappa shape index (κ1) is 18.5. The molecule has 0 bridgehead atoms. The highest BCUT2D eigenvalue weighted by Gasteiger charge is 2.35. The number of nitrogens with zero attached hydrogens (tertiary/aromatic N) is 3. The standard InChI is InChI=1S/C17H23N3O3S2/c1-19(2)25(22,23)12-14-9-20(11-16(14)21)10-15-8-18-17(24-15)13-6-4-3-5-7-13/h3-8,14,16,21H,9-12H2,1-2H3/t14-,16+/m0/s1. The Labute approximate surface area is 152 Å². The number of thiazole rings is 1. The zero-order valence-corrected chi connectivity index (χ0v) is 16.0. The molecule has 1 fully saturated rings. The van der Waals surface area contributed by atoms with Crippen LogP contribution in [-0.4, -0.2) is 66.8 Å². The maximum absolute atomic E-state index is 12.0. The van der Waals surface area contributed by atoms with Gasteiger partial charge in [-0.3, -0.25) is 4.90 Å². The van der Waals surface area contributed by atoms with E-state index in [2.05, 4.69) is 9.88 Å². The number of aromatic nitrogens is 1. The van der Waals surface area contributed by atoms with Gasteiger partial charge in [-0.05, 0) is 0 Å². The van der Waals surface area contributed by atoms with E-state index in [9.17, 15) is 13.5 Å². The summed E-state index contributed by atoms with van der Waals surface area (Å²) in [5.41, 5.74) is 1.09. The molecular weight excluding hydrogens is 358 g/mol. The molecule has 2 aromatic rings. The highest BCUT2D eigenvalue weighted by Crippen LogP contribution is 2.28. The lowest BCUT2D eigenvalue weighted by atomic mass is 10.1. The summed E-state index contributed by atoms with van der Waals surface area (Å²) < 4.78 is 25.3. The second-order valence-corrected chi connectivity index (χ2v) is 9.92. The summed E-state index contributed by atoms with van der Waals surface area (Å²) in [7, 11) is -0.256. The summed E-state index contributed by atoms with van der Waals surface area (Å²) >= 11 is 1.63. The largest absolute Gasteiger partial charge is 0.391 e. The molecule has 0 spiro atoms. The SMILES string of the molecule is CN(C)S(=O)(=O)C[C@@H]1CN(Cc2cnc(-c3ccccc3)s2)C[C@H]1O. The van der Waals surface area contributed by atoms with Crippen molar-refractivity contribution in [2.45, 2.75) is 12.6 Å². The lowest BCUT2D eigenvalue weighted by molar-refractivity contribution is 0.148. The third kappa shape index (κ3) is 4.45. The minimum atomic E-state index is -3.31. The van der Waals surface area contributed by atoms with Gasteiger partial charge in [-0.25, -0.2) is 17.7 Å². The van der Waals surface area contributed by atoms with Crippen LogP contribution in [0.25, 0.3) is 10.6 Å². The average molecular weight is 382 g/mol. The van der Waals surface area contributed by atoms with E-state index in [-0.39, 0.29) is 11.7 Å². The lowest BCUT2D eigenvalue weighted by Gasteiger charge is -2.17. The van der Waals surface area contributed by atoms with Crippen LogP contribution in [-0.2, 0) is 16.6 Å². The highest BCUT2D eigenvalue weighted by atomic mass is 32.2. The second kappa shape index (κ2) is 7.51. The fourth-order valence-corrected chi connectivity index (χ4v) is 5.10. The van der Waals surface area contributed by atoms with Gasteiger partial charge in [-0.2, -0.15) is 0 Å². The van der Waals surface area contributed by atoms with E-state index < -0.39 is 16.1 Å². The topological polar surface area (TPSA) is 73.7 Å². The van der Waals surface area contributed by atoms with Crippen molar-refractivity contribution in [3.8, 4) is 10.6 Å². The van der Waals surface area contributed by atoms with Crippen LogP contribution in [0.5, 0.6) is 0 Å². The predicted octanol–water partition coefficient (Wildman–Crippen LogP) is 1.49. The van der Waals surface area contributed by atoms with E-state index in [1.54, 1.807) is 11.3 Å². The number of sulfonamides is 1. The fourth-order valence-electron chi connectivity index (χ4n) is 2.97. The monoisotopic (exact) mass is 381 g/mol. The fraction of sp³-hybridized carbons (Fsp3) is 0.471. The summed E-state index contributed by atoms with van der Waals surface area (Å²) in [4.78, 5) is 7.69. The molecule has 1 aliphatic rings. The first-order chi connectivity index (χ1) is 11.8. The van der Waals surface area contributed by atoms with Crippen LogP contribution >= 0.6 is 11.3 Å². The highest BCUT2D eigenvalue weighted by molar-refractivity contribution is 7.89. The zero-order chi connectivity index (χ0) is 18.0. The Morgan fingerprint density at radius 2 is 2.00 bits per heavy atom. The molecule has 25 heavy (non-hydrogen) atoms. The molecule has 8 heteroatoms. The smallest absolute Gasteiger partial charge is 0.214 e. The first-order valence-electron chi connectivity index (χ1n) is 8.16. The van der Waals surface area contributed by atoms with Gasteiger partial charge in [0.15, 0.2) is 0 Å². The molecule has 1 N–H and O–H groups in total. The molecule has 3 rings (SSSR count). The molecular formula is C17H23N3O3S2. The van der Waals surface area contributed by atoms with Crippen molar-refractivity contribution < 1.29 is 13.5 Å². The molecule has 2 heterocycles. The lowest BCUT2D eigenvalue weighted by Crippen LogP contribution is -2.33. The Bertz CT molecular complexity index is 806. The van der Waals surface area contributed by atoms with Gasteiger partial charge in [0, 0.05) is 56.3 Å². The third-order valence-electron chi connectivity index (χ3n) is 4.42. The second-order valence-electron chi connectivity index (χ2n) is 6.58. The van der Waals surface area contributed by atoms with Crippen molar-refractivity contribution in [1.29, 1.82) is 0 Å². The van der Waals surface area contributed by atoms with Crippen molar-refractivity contribution in [2.24, 2.45) is 5.92 Å². The van der Waals surface area contributed by atoms with Gasteiger partial charge >= 0.3 is 0 Å². The van der Waals surface area contributed by atoms with Crippen molar-refractivity contribution >= 4 is 21.4 Å². The van der Waals surface area contributed by atoms with Gasteiger partial charge in [0.1, 0.15) is 5.01 Å². The van der Waals surface area contributed by atoms with E-state index in [1.165, 1.54) is 18.4 Å². The van der Waals surface area contributed by atoms with Crippen molar-refractivity contribution in [3.63, 3.8) is 0 Å². The maximum atomic E-state index is 12.0. The molecule has 1 aliphatic heterocycles. The number of aliphatic hydroxyl groups excluding tert-OH is 1. The normalized spacial score (nSPS) is 21.9. The first-order valence-corrected chi connectivity index (χ1v) is 10.6. The summed E-state index contributed by atoms with van der Waals surface area (Å²) in [5.74, 6) is -0.274. The van der Waals surface area contributed by atoms with Crippen molar-refractivity contribution in [1.82, 2.24) is 14.2 Å². The Balaban J connectivity index is 1.62.